The van der Waals surface area contributed by atoms with Crippen LogP contribution in [0, 0.1) is 0 Å². The lowest BCUT2D eigenvalue weighted by Crippen LogP contribution is -2.54. The Kier molecular flexibility index (Phi) is 4.95. The monoisotopic (exact) mass is 243 g/mol. The zero-order valence-electron chi connectivity index (χ0n) is 11.5. The first-order chi connectivity index (χ1) is 7.90. The van der Waals surface area contributed by atoms with Gasteiger partial charge in [-0.3, -0.25) is 5.32 Å². The van der Waals surface area contributed by atoms with Gasteiger partial charge in [0.15, 0.2) is 0 Å². The summed E-state index contributed by atoms with van der Waals surface area (Å²) in [7, 11) is 0. The minimum absolute atomic E-state index is 0.182. The Morgan fingerprint density at radius 1 is 1.41 bits per heavy atom. The SMILES string of the molecule is CCCOC[C@]1(C(=O)OC(C)(C)C)CCCN1. The predicted octanol–water partition coefficient (Wildman–Crippen LogP) is 1.88. The van der Waals surface area contributed by atoms with Crippen molar-refractivity contribution in [3.8, 4) is 0 Å². The molecule has 0 unspecified atom stereocenters. The summed E-state index contributed by atoms with van der Waals surface area (Å²) in [4.78, 5) is 12.2. The molecule has 0 aliphatic carbocycles. The van der Waals surface area contributed by atoms with Crippen LogP contribution in [-0.2, 0) is 14.3 Å². The van der Waals surface area contributed by atoms with Gasteiger partial charge in [0.1, 0.15) is 11.1 Å². The third kappa shape index (κ3) is 4.28. The number of nitrogens with one attached hydrogen (secondary N) is 1. The van der Waals surface area contributed by atoms with Crippen LogP contribution in [0.2, 0.25) is 0 Å². The van der Waals surface area contributed by atoms with E-state index >= 15 is 0 Å². The van der Waals surface area contributed by atoms with Gasteiger partial charge >= 0.3 is 5.97 Å². The maximum absolute atomic E-state index is 12.2. The van der Waals surface area contributed by atoms with Crippen LogP contribution in [0.25, 0.3) is 0 Å². The van der Waals surface area contributed by atoms with E-state index < -0.39 is 11.1 Å². The molecule has 17 heavy (non-hydrogen) atoms. The summed E-state index contributed by atoms with van der Waals surface area (Å²) in [6, 6.07) is 0. The molecule has 1 aliphatic rings. The summed E-state index contributed by atoms with van der Waals surface area (Å²) in [6.07, 6.45) is 2.75. The zero-order chi connectivity index (χ0) is 12.9. The highest BCUT2D eigenvalue weighted by molar-refractivity contribution is 5.81. The minimum Gasteiger partial charge on any atom is -0.459 e. The van der Waals surface area contributed by atoms with Crippen LogP contribution in [-0.4, -0.2) is 36.9 Å². The molecule has 0 bridgehead atoms. The highest BCUT2D eigenvalue weighted by atomic mass is 16.6. The van der Waals surface area contributed by atoms with E-state index in [0.29, 0.717) is 13.2 Å². The molecular weight excluding hydrogens is 218 g/mol. The van der Waals surface area contributed by atoms with Crippen molar-refractivity contribution in [3.63, 3.8) is 0 Å². The van der Waals surface area contributed by atoms with E-state index in [1.807, 2.05) is 20.8 Å². The molecule has 4 nitrogen and oxygen atoms in total. The van der Waals surface area contributed by atoms with E-state index in [1.165, 1.54) is 0 Å². The topological polar surface area (TPSA) is 47.6 Å². The molecule has 0 aromatic rings. The molecule has 4 heteroatoms. The van der Waals surface area contributed by atoms with Gasteiger partial charge in [-0.1, -0.05) is 6.92 Å². The minimum atomic E-state index is -0.623. The molecule has 1 rings (SSSR count). The van der Waals surface area contributed by atoms with Crippen molar-refractivity contribution in [3.05, 3.63) is 0 Å². The van der Waals surface area contributed by atoms with E-state index in [-0.39, 0.29) is 5.97 Å². The zero-order valence-corrected chi connectivity index (χ0v) is 11.5. The van der Waals surface area contributed by atoms with Crippen LogP contribution in [0.3, 0.4) is 0 Å². The van der Waals surface area contributed by atoms with E-state index in [2.05, 4.69) is 12.2 Å². The van der Waals surface area contributed by atoms with Gasteiger partial charge in [0.25, 0.3) is 0 Å². The molecule has 1 fully saturated rings. The molecule has 0 spiro atoms. The molecule has 1 aliphatic heterocycles. The largest absolute Gasteiger partial charge is 0.459 e. The quantitative estimate of drug-likeness (QED) is 0.591. The number of rotatable bonds is 5. The van der Waals surface area contributed by atoms with E-state index in [0.717, 1.165) is 25.8 Å². The van der Waals surface area contributed by atoms with Crippen LogP contribution in [0.15, 0.2) is 0 Å². The lowest BCUT2D eigenvalue weighted by atomic mass is 9.98. The van der Waals surface area contributed by atoms with E-state index in [4.69, 9.17) is 9.47 Å². The molecule has 0 radical (unpaired) electrons. The summed E-state index contributed by atoms with van der Waals surface area (Å²) in [5.74, 6) is -0.182. The Bertz CT molecular complexity index is 252. The fourth-order valence-electron chi connectivity index (χ4n) is 1.93. The van der Waals surface area contributed by atoms with Crippen LogP contribution in [0.5, 0.6) is 0 Å². The smallest absolute Gasteiger partial charge is 0.329 e. The van der Waals surface area contributed by atoms with Crippen molar-refractivity contribution in [2.24, 2.45) is 0 Å². The van der Waals surface area contributed by atoms with Gasteiger partial charge in [-0.25, -0.2) is 4.79 Å². The second-order valence-corrected chi connectivity index (χ2v) is 5.67. The Hall–Kier alpha value is -0.610. The average molecular weight is 243 g/mol. The standard InChI is InChI=1S/C13H25NO3/c1-5-9-16-10-13(7-6-8-14-13)11(15)17-12(2,3)4/h14H,5-10H2,1-4H3/t13-/m0/s1. The van der Waals surface area contributed by atoms with Crippen LogP contribution < -0.4 is 5.32 Å². The average Bonchev–Trinajstić information content (AvgIpc) is 2.65. The Balaban J connectivity index is 2.60. The molecule has 0 aromatic carbocycles. The van der Waals surface area contributed by atoms with Crippen molar-refractivity contribution in [2.45, 2.75) is 58.1 Å². The first-order valence-corrected chi connectivity index (χ1v) is 6.46. The Morgan fingerprint density at radius 3 is 2.59 bits per heavy atom. The maximum Gasteiger partial charge on any atom is 0.329 e. The van der Waals surface area contributed by atoms with Crippen molar-refractivity contribution < 1.29 is 14.3 Å². The van der Waals surface area contributed by atoms with Gasteiger partial charge < -0.3 is 9.47 Å². The first kappa shape index (κ1) is 14.5. The van der Waals surface area contributed by atoms with Gasteiger partial charge in [-0.15, -0.1) is 0 Å². The molecule has 1 atom stereocenters. The van der Waals surface area contributed by atoms with Crippen LogP contribution in [0.4, 0.5) is 0 Å². The Labute approximate surface area is 104 Å². The summed E-state index contributed by atoms with van der Waals surface area (Å²) in [5, 5.41) is 3.25. The van der Waals surface area contributed by atoms with Gasteiger partial charge in [0.2, 0.25) is 0 Å². The second kappa shape index (κ2) is 5.83. The number of hydrogen-bond donors (Lipinski definition) is 1. The number of esters is 1. The fourth-order valence-corrected chi connectivity index (χ4v) is 1.93. The van der Waals surface area contributed by atoms with Crippen molar-refractivity contribution >= 4 is 5.97 Å². The fraction of sp³-hybridized carbons (Fsp3) is 0.923. The molecular formula is C13H25NO3. The first-order valence-electron chi connectivity index (χ1n) is 6.46. The third-order valence-electron chi connectivity index (χ3n) is 2.73. The van der Waals surface area contributed by atoms with E-state index in [1.54, 1.807) is 0 Å². The summed E-state index contributed by atoms with van der Waals surface area (Å²) < 4.78 is 11.0. The van der Waals surface area contributed by atoms with Crippen molar-refractivity contribution in [1.29, 1.82) is 0 Å². The van der Waals surface area contributed by atoms with Crippen LogP contribution >= 0.6 is 0 Å². The lowest BCUT2D eigenvalue weighted by Gasteiger charge is -2.31. The molecule has 100 valence electrons. The number of carbonyl (C=O) groups excluding carboxylic acids is 1. The second-order valence-electron chi connectivity index (χ2n) is 5.67. The molecule has 0 saturated carbocycles. The maximum atomic E-state index is 12.2. The predicted molar refractivity (Wildman–Crippen MR) is 66.9 cm³/mol. The highest BCUT2D eigenvalue weighted by Crippen LogP contribution is 2.24. The molecule has 1 N–H and O–H groups in total. The molecule has 1 heterocycles. The van der Waals surface area contributed by atoms with Gasteiger partial charge in [0.05, 0.1) is 6.61 Å². The number of hydrogen-bond acceptors (Lipinski definition) is 4. The molecule has 1 saturated heterocycles. The third-order valence-corrected chi connectivity index (χ3v) is 2.73. The molecule has 0 amide bonds. The van der Waals surface area contributed by atoms with Gasteiger partial charge in [0, 0.05) is 6.61 Å². The molecule has 0 aromatic heterocycles. The normalized spacial score (nSPS) is 24.9. The highest BCUT2D eigenvalue weighted by Gasteiger charge is 2.44. The summed E-state index contributed by atoms with van der Waals surface area (Å²) >= 11 is 0. The van der Waals surface area contributed by atoms with Gasteiger partial charge in [-0.05, 0) is 46.6 Å². The number of ether oxygens (including phenoxy) is 2. The Morgan fingerprint density at radius 2 is 2.12 bits per heavy atom. The summed E-state index contributed by atoms with van der Waals surface area (Å²) in [5.41, 5.74) is -1.07. The van der Waals surface area contributed by atoms with E-state index in [9.17, 15) is 4.79 Å². The lowest BCUT2D eigenvalue weighted by molar-refractivity contribution is -0.165. The number of carbonyl (C=O) groups is 1. The summed E-state index contributed by atoms with van der Waals surface area (Å²) in [6.45, 7) is 9.68. The van der Waals surface area contributed by atoms with Crippen LogP contribution in [0.1, 0.15) is 47.0 Å². The van der Waals surface area contributed by atoms with Crippen molar-refractivity contribution in [2.75, 3.05) is 19.8 Å². The van der Waals surface area contributed by atoms with Crippen molar-refractivity contribution in [1.82, 2.24) is 5.32 Å². The van der Waals surface area contributed by atoms with Gasteiger partial charge in [-0.2, -0.15) is 0 Å².